The van der Waals surface area contributed by atoms with Crippen LogP contribution in [-0.2, 0) is 9.53 Å². The summed E-state index contributed by atoms with van der Waals surface area (Å²) in [6.45, 7) is 4.02. The molecule has 0 N–H and O–H groups in total. The van der Waals surface area contributed by atoms with Gasteiger partial charge in [0.25, 0.3) is 0 Å². The molecule has 0 spiro atoms. The van der Waals surface area contributed by atoms with Gasteiger partial charge in [0.1, 0.15) is 0 Å². The van der Waals surface area contributed by atoms with Gasteiger partial charge >= 0.3 is 0 Å². The van der Waals surface area contributed by atoms with E-state index in [0.717, 1.165) is 12.8 Å². The maximum absolute atomic E-state index is 11.8. The number of carbonyl (C=O) groups excluding carboxylic acids is 1. The van der Waals surface area contributed by atoms with Crippen LogP contribution in [-0.4, -0.2) is 43.5 Å². The smallest absolute Gasteiger partial charge is 0.222 e. The predicted molar refractivity (Wildman–Crippen MR) is 67.9 cm³/mol. The molecular formula is C12H24ClNO2. The SMILES string of the molecule is CCCCCCC(=O)N(CCCl)CCOC. The summed E-state index contributed by atoms with van der Waals surface area (Å²) in [5.74, 6) is 0.693. The number of methoxy groups -OCH3 is 1. The molecule has 0 unspecified atom stereocenters. The third kappa shape index (κ3) is 7.94. The lowest BCUT2D eigenvalue weighted by molar-refractivity contribution is -0.131. The fraction of sp³-hybridized carbons (Fsp3) is 0.917. The number of ether oxygens (including phenoxy) is 1. The Kier molecular flexibility index (Phi) is 11.0. The molecule has 0 aliphatic rings. The van der Waals surface area contributed by atoms with Crippen LogP contribution in [0.1, 0.15) is 39.0 Å². The summed E-state index contributed by atoms with van der Waals surface area (Å²) in [5.41, 5.74) is 0. The van der Waals surface area contributed by atoms with Crippen LogP contribution < -0.4 is 0 Å². The Morgan fingerprint density at radius 2 is 2.00 bits per heavy atom. The minimum Gasteiger partial charge on any atom is -0.383 e. The lowest BCUT2D eigenvalue weighted by Crippen LogP contribution is -2.35. The third-order valence-electron chi connectivity index (χ3n) is 2.52. The van der Waals surface area contributed by atoms with Gasteiger partial charge in [0, 0.05) is 32.5 Å². The van der Waals surface area contributed by atoms with Crippen LogP contribution in [0.15, 0.2) is 0 Å². The molecule has 0 radical (unpaired) electrons. The van der Waals surface area contributed by atoms with Crippen LogP contribution >= 0.6 is 11.6 Å². The van der Waals surface area contributed by atoms with Crippen LogP contribution in [0, 0.1) is 0 Å². The highest BCUT2D eigenvalue weighted by Crippen LogP contribution is 2.05. The number of halogens is 1. The van der Waals surface area contributed by atoms with Crippen molar-refractivity contribution in [2.45, 2.75) is 39.0 Å². The summed E-state index contributed by atoms with van der Waals surface area (Å²) in [6.07, 6.45) is 5.17. The average molecular weight is 250 g/mol. The molecule has 3 nitrogen and oxygen atoms in total. The molecule has 0 aromatic heterocycles. The zero-order valence-corrected chi connectivity index (χ0v) is 11.3. The van der Waals surface area contributed by atoms with Crippen molar-refractivity contribution in [3.05, 3.63) is 0 Å². The summed E-state index contributed by atoms with van der Waals surface area (Å²) in [7, 11) is 1.64. The van der Waals surface area contributed by atoms with Gasteiger partial charge in [-0.1, -0.05) is 26.2 Å². The highest BCUT2D eigenvalue weighted by Gasteiger charge is 2.11. The maximum Gasteiger partial charge on any atom is 0.222 e. The number of amides is 1. The van der Waals surface area contributed by atoms with Gasteiger partial charge in [-0.25, -0.2) is 0 Å². The fourth-order valence-electron chi connectivity index (χ4n) is 1.53. The molecule has 0 aliphatic carbocycles. The van der Waals surface area contributed by atoms with Crippen molar-refractivity contribution < 1.29 is 9.53 Å². The first-order chi connectivity index (χ1) is 7.76. The monoisotopic (exact) mass is 249 g/mol. The molecule has 0 fully saturated rings. The van der Waals surface area contributed by atoms with E-state index in [-0.39, 0.29) is 5.91 Å². The fourth-order valence-corrected chi connectivity index (χ4v) is 1.73. The molecule has 0 aromatic carbocycles. The number of alkyl halides is 1. The van der Waals surface area contributed by atoms with Gasteiger partial charge in [-0.3, -0.25) is 4.79 Å². The minimum absolute atomic E-state index is 0.203. The Balaban J connectivity index is 3.77. The molecule has 0 bridgehead atoms. The van der Waals surface area contributed by atoms with Gasteiger partial charge in [-0.05, 0) is 6.42 Å². The van der Waals surface area contributed by atoms with E-state index in [1.807, 2.05) is 0 Å². The van der Waals surface area contributed by atoms with Crippen molar-refractivity contribution in [2.24, 2.45) is 0 Å². The average Bonchev–Trinajstić information content (AvgIpc) is 2.29. The number of rotatable bonds is 10. The van der Waals surface area contributed by atoms with Crippen LogP contribution in [0.4, 0.5) is 0 Å². The van der Waals surface area contributed by atoms with Crippen molar-refractivity contribution >= 4 is 17.5 Å². The van der Waals surface area contributed by atoms with Gasteiger partial charge in [-0.15, -0.1) is 11.6 Å². The van der Waals surface area contributed by atoms with E-state index in [4.69, 9.17) is 16.3 Å². The summed E-state index contributed by atoms with van der Waals surface area (Å²) < 4.78 is 4.97. The maximum atomic E-state index is 11.8. The Labute approximate surface area is 104 Å². The van der Waals surface area contributed by atoms with Crippen molar-refractivity contribution in [1.82, 2.24) is 4.90 Å². The Morgan fingerprint density at radius 3 is 2.56 bits per heavy atom. The largest absolute Gasteiger partial charge is 0.383 e. The third-order valence-corrected chi connectivity index (χ3v) is 2.69. The zero-order valence-electron chi connectivity index (χ0n) is 10.5. The predicted octanol–water partition coefficient (Wildman–Crippen LogP) is 2.67. The van der Waals surface area contributed by atoms with E-state index in [1.54, 1.807) is 12.0 Å². The second-order valence-electron chi connectivity index (χ2n) is 3.87. The van der Waals surface area contributed by atoms with Crippen LogP contribution in [0.5, 0.6) is 0 Å². The van der Waals surface area contributed by atoms with E-state index >= 15 is 0 Å². The summed E-state index contributed by atoms with van der Waals surface area (Å²) in [5, 5.41) is 0. The molecule has 16 heavy (non-hydrogen) atoms. The van der Waals surface area contributed by atoms with Crippen molar-refractivity contribution in [3.63, 3.8) is 0 Å². The van der Waals surface area contributed by atoms with Crippen LogP contribution in [0.25, 0.3) is 0 Å². The Bertz CT molecular complexity index is 176. The summed E-state index contributed by atoms with van der Waals surface area (Å²) in [6, 6.07) is 0. The second kappa shape index (κ2) is 11.2. The van der Waals surface area contributed by atoms with Gasteiger partial charge in [0.2, 0.25) is 5.91 Å². The topological polar surface area (TPSA) is 29.5 Å². The molecule has 0 saturated carbocycles. The molecule has 0 aliphatic heterocycles. The highest BCUT2D eigenvalue weighted by atomic mass is 35.5. The molecule has 0 heterocycles. The molecule has 0 atom stereocenters. The molecular weight excluding hydrogens is 226 g/mol. The first-order valence-electron chi connectivity index (χ1n) is 6.09. The van der Waals surface area contributed by atoms with Gasteiger partial charge in [0.15, 0.2) is 0 Å². The number of unbranched alkanes of at least 4 members (excludes halogenated alkanes) is 3. The number of nitrogens with zero attached hydrogens (tertiary/aromatic N) is 1. The van der Waals surface area contributed by atoms with Crippen LogP contribution in [0.3, 0.4) is 0 Å². The van der Waals surface area contributed by atoms with Crippen molar-refractivity contribution in [3.8, 4) is 0 Å². The lowest BCUT2D eigenvalue weighted by atomic mass is 10.1. The van der Waals surface area contributed by atoms with E-state index < -0.39 is 0 Å². The quantitative estimate of drug-likeness (QED) is 0.440. The molecule has 0 rings (SSSR count). The Morgan fingerprint density at radius 1 is 1.25 bits per heavy atom. The molecule has 1 amide bonds. The van der Waals surface area contributed by atoms with Gasteiger partial charge < -0.3 is 9.64 Å². The number of hydrogen-bond donors (Lipinski definition) is 0. The second-order valence-corrected chi connectivity index (χ2v) is 4.25. The van der Waals surface area contributed by atoms with E-state index in [9.17, 15) is 4.79 Å². The summed E-state index contributed by atoms with van der Waals surface area (Å²) in [4.78, 5) is 13.6. The molecule has 0 aromatic rings. The first kappa shape index (κ1) is 15.7. The number of carbonyl (C=O) groups is 1. The standard InChI is InChI=1S/C12H24ClNO2/c1-3-4-5-6-7-12(15)14(9-8-13)10-11-16-2/h3-11H2,1-2H3. The van der Waals surface area contributed by atoms with E-state index in [1.165, 1.54) is 12.8 Å². The van der Waals surface area contributed by atoms with E-state index in [2.05, 4.69) is 6.92 Å². The Hall–Kier alpha value is -0.280. The van der Waals surface area contributed by atoms with Crippen molar-refractivity contribution in [1.29, 1.82) is 0 Å². The normalized spacial score (nSPS) is 10.4. The molecule has 96 valence electrons. The van der Waals surface area contributed by atoms with Gasteiger partial charge in [0.05, 0.1) is 6.61 Å². The first-order valence-corrected chi connectivity index (χ1v) is 6.62. The highest BCUT2D eigenvalue weighted by molar-refractivity contribution is 6.18. The van der Waals surface area contributed by atoms with Crippen molar-refractivity contribution in [2.75, 3.05) is 32.7 Å². The zero-order chi connectivity index (χ0) is 12.2. The van der Waals surface area contributed by atoms with Gasteiger partial charge in [-0.2, -0.15) is 0 Å². The van der Waals surface area contributed by atoms with E-state index in [0.29, 0.717) is 32.0 Å². The molecule has 4 heteroatoms. The van der Waals surface area contributed by atoms with Crippen LogP contribution in [0.2, 0.25) is 0 Å². The number of hydrogen-bond acceptors (Lipinski definition) is 2. The summed E-state index contributed by atoms with van der Waals surface area (Å²) >= 11 is 5.67. The lowest BCUT2D eigenvalue weighted by Gasteiger charge is -2.21. The minimum atomic E-state index is 0.203. The molecule has 0 saturated heterocycles.